The molecular weight excluding hydrogens is 327 g/mol. The van der Waals surface area contributed by atoms with Gasteiger partial charge in [0.25, 0.3) is 0 Å². The molecule has 102 valence electrons. The van der Waals surface area contributed by atoms with Gasteiger partial charge in [-0.25, -0.2) is 4.39 Å². The van der Waals surface area contributed by atoms with Crippen molar-refractivity contribution in [2.45, 2.75) is 6.42 Å². The van der Waals surface area contributed by atoms with Crippen LogP contribution in [0.4, 0.5) is 4.39 Å². The Morgan fingerprint density at radius 1 is 1.20 bits per heavy atom. The molecule has 0 atom stereocenters. The molecule has 2 N–H and O–H groups in total. The van der Waals surface area contributed by atoms with E-state index in [1.165, 1.54) is 12.1 Å². The van der Waals surface area contributed by atoms with Crippen LogP contribution in [0.15, 0.2) is 40.6 Å². The summed E-state index contributed by atoms with van der Waals surface area (Å²) in [4.78, 5) is 0. The molecule has 3 rings (SSSR count). The van der Waals surface area contributed by atoms with Crippen LogP contribution >= 0.6 is 15.9 Å². The van der Waals surface area contributed by atoms with Crippen molar-refractivity contribution in [3.05, 3.63) is 57.5 Å². The fourth-order valence-electron chi connectivity index (χ4n) is 2.08. The van der Waals surface area contributed by atoms with Gasteiger partial charge in [0.15, 0.2) is 11.5 Å². The highest BCUT2D eigenvalue weighted by atomic mass is 79.9. The zero-order chi connectivity index (χ0) is 14.3. The molecule has 0 radical (unpaired) electrons. The summed E-state index contributed by atoms with van der Waals surface area (Å²) in [6.45, 7) is 0. The summed E-state index contributed by atoms with van der Waals surface area (Å²) >= 11 is 3.20. The van der Waals surface area contributed by atoms with Crippen LogP contribution in [0.2, 0.25) is 0 Å². The minimum absolute atomic E-state index is 0.230. The molecule has 0 unspecified atom stereocenters. The first-order valence-electron chi connectivity index (χ1n) is 5.92. The molecule has 2 aromatic rings. The van der Waals surface area contributed by atoms with Gasteiger partial charge >= 0.3 is 0 Å². The average molecular weight is 337 g/mol. The zero-order valence-corrected chi connectivity index (χ0v) is 11.8. The van der Waals surface area contributed by atoms with Gasteiger partial charge in [0.2, 0.25) is 5.75 Å². The van der Waals surface area contributed by atoms with E-state index in [1.807, 2.05) is 0 Å². The Bertz CT molecular complexity index is 725. The number of phenols is 2. The number of halogens is 2. The van der Waals surface area contributed by atoms with Gasteiger partial charge in [-0.1, -0.05) is 28.1 Å². The van der Waals surface area contributed by atoms with Gasteiger partial charge in [-0.3, -0.25) is 0 Å². The van der Waals surface area contributed by atoms with Gasteiger partial charge in [0.1, 0.15) is 11.6 Å². The number of hydrogen-bond donors (Lipinski definition) is 2. The van der Waals surface area contributed by atoms with Crippen LogP contribution in [0.5, 0.6) is 17.2 Å². The molecule has 0 saturated heterocycles. The van der Waals surface area contributed by atoms with Crippen molar-refractivity contribution in [3.63, 3.8) is 0 Å². The van der Waals surface area contributed by atoms with E-state index in [1.54, 1.807) is 24.3 Å². The van der Waals surface area contributed by atoms with Crippen molar-refractivity contribution in [2.75, 3.05) is 0 Å². The van der Waals surface area contributed by atoms with Crippen LogP contribution in [0, 0.1) is 5.82 Å². The summed E-state index contributed by atoms with van der Waals surface area (Å²) in [6.07, 6.45) is 2.02. The molecule has 0 fully saturated rings. The molecule has 20 heavy (non-hydrogen) atoms. The summed E-state index contributed by atoms with van der Waals surface area (Å²) in [5.41, 5.74) is 1.16. The second-order valence-corrected chi connectivity index (χ2v) is 5.39. The number of allylic oxidation sites excluding steroid dienone is 1. The third-order valence-corrected chi connectivity index (χ3v) is 3.56. The van der Waals surface area contributed by atoms with Gasteiger partial charge < -0.3 is 14.9 Å². The predicted molar refractivity (Wildman–Crippen MR) is 76.2 cm³/mol. The van der Waals surface area contributed by atoms with Gasteiger partial charge in [0, 0.05) is 22.0 Å². The van der Waals surface area contributed by atoms with E-state index in [-0.39, 0.29) is 23.1 Å². The number of rotatable bonds is 1. The highest BCUT2D eigenvalue weighted by Gasteiger charge is 2.23. The number of fused-ring (bicyclic) bond motifs is 1. The second-order valence-electron chi connectivity index (χ2n) is 4.48. The maximum Gasteiger partial charge on any atom is 0.201 e. The van der Waals surface area contributed by atoms with Crippen LogP contribution in [0.3, 0.4) is 0 Å². The Morgan fingerprint density at radius 2 is 2.00 bits per heavy atom. The molecule has 0 spiro atoms. The first-order valence-corrected chi connectivity index (χ1v) is 6.71. The molecule has 1 heterocycles. The minimum Gasteiger partial charge on any atom is -0.504 e. The molecule has 0 aliphatic carbocycles. The normalized spacial score (nSPS) is 15.2. The second kappa shape index (κ2) is 4.83. The van der Waals surface area contributed by atoms with E-state index >= 15 is 0 Å². The molecule has 0 aromatic heterocycles. The van der Waals surface area contributed by atoms with E-state index in [4.69, 9.17) is 4.74 Å². The topological polar surface area (TPSA) is 49.7 Å². The number of phenolic OH excluding ortho intramolecular Hbond substituents is 2. The summed E-state index contributed by atoms with van der Waals surface area (Å²) < 4.78 is 19.9. The fraction of sp³-hybridized carbons (Fsp3) is 0.0667. The highest BCUT2D eigenvalue weighted by molar-refractivity contribution is 9.10. The smallest absolute Gasteiger partial charge is 0.201 e. The number of hydrogen-bond acceptors (Lipinski definition) is 3. The molecule has 3 nitrogen and oxygen atoms in total. The van der Waals surface area contributed by atoms with Crippen LogP contribution in [-0.4, -0.2) is 10.2 Å². The Hall–Kier alpha value is -2.01. The van der Waals surface area contributed by atoms with E-state index in [0.717, 1.165) is 5.56 Å². The van der Waals surface area contributed by atoms with Crippen molar-refractivity contribution < 1.29 is 19.3 Å². The monoisotopic (exact) mass is 336 g/mol. The molecule has 0 bridgehead atoms. The van der Waals surface area contributed by atoms with Crippen molar-refractivity contribution in [1.29, 1.82) is 0 Å². The summed E-state index contributed by atoms with van der Waals surface area (Å²) in [5, 5.41) is 19.1. The van der Waals surface area contributed by atoms with Crippen LogP contribution < -0.4 is 4.74 Å². The van der Waals surface area contributed by atoms with E-state index in [9.17, 15) is 14.6 Å². The lowest BCUT2D eigenvalue weighted by Gasteiger charge is -2.04. The molecule has 5 heteroatoms. The van der Waals surface area contributed by atoms with Gasteiger partial charge in [-0.2, -0.15) is 0 Å². The lowest BCUT2D eigenvalue weighted by molar-refractivity contribution is 0.368. The third-order valence-electron chi connectivity index (χ3n) is 3.07. The van der Waals surface area contributed by atoms with Crippen molar-refractivity contribution in [3.8, 4) is 17.2 Å². The Labute approximate surface area is 123 Å². The van der Waals surface area contributed by atoms with Crippen molar-refractivity contribution in [1.82, 2.24) is 0 Å². The molecular formula is C15H10BrFO3. The van der Waals surface area contributed by atoms with E-state index in [2.05, 4.69) is 15.9 Å². The fourth-order valence-corrected chi connectivity index (χ4v) is 2.42. The lowest BCUT2D eigenvalue weighted by atomic mass is 10.1. The first-order chi connectivity index (χ1) is 9.54. The summed E-state index contributed by atoms with van der Waals surface area (Å²) in [5.74, 6) is -0.142. The number of benzene rings is 2. The van der Waals surface area contributed by atoms with E-state index < -0.39 is 0 Å². The largest absolute Gasteiger partial charge is 0.504 e. The number of ether oxygens (including phenoxy) is 1. The SMILES string of the molecule is Oc1ccc2c(c1O)OC(=Cc1ccc(Br)cc1F)C2. The Kier molecular flexibility index (Phi) is 3.14. The van der Waals surface area contributed by atoms with Gasteiger partial charge in [0.05, 0.1) is 0 Å². The van der Waals surface area contributed by atoms with Crippen molar-refractivity contribution in [2.24, 2.45) is 0 Å². The van der Waals surface area contributed by atoms with E-state index in [0.29, 0.717) is 22.2 Å². The molecule has 2 aromatic carbocycles. The summed E-state index contributed by atoms with van der Waals surface area (Å²) in [6, 6.07) is 7.82. The van der Waals surface area contributed by atoms with Gasteiger partial charge in [-0.05, 0) is 24.3 Å². The number of aromatic hydroxyl groups is 2. The Balaban J connectivity index is 1.95. The maximum absolute atomic E-state index is 13.8. The quantitative estimate of drug-likeness (QED) is 0.774. The predicted octanol–water partition coefficient (Wildman–Crippen LogP) is 3.98. The zero-order valence-electron chi connectivity index (χ0n) is 10.2. The minimum atomic E-state index is -0.362. The molecule has 0 saturated carbocycles. The maximum atomic E-state index is 13.8. The van der Waals surface area contributed by atoms with Crippen molar-refractivity contribution >= 4 is 22.0 Å². The van der Waals surface area contributed by atoms with Crippen LogP contribution in [-0.2, 0) is 6.42 Å². The standard InChI is InChI=1S/C15H10BrFO3/c16-10-3-1-8(12(17)7-10)5-11-6-9-2-4-13(18)14(19)15(9)20-11/h1-5,7,18-19H,6H2. The first kappa shape index (κ1) is 13.0. The molecule has 1 aliphatic heterocycles. The lowest BCUT2D eigenvalue weighted by Crippen LogP contribution is -1.90. The Morgan fingerprint density at radius 3 is 2.75 bits per heavy atom. The highest BCUT2D eigenvalue weighted by Crippen LogP contribution is 2.44. The molecule has 1 aliphatic rings. The van der Waals surface area contributed by atoms with Crippen LogP contribution in [0.1, 0.15) is 11.1 Å². The summed E-state index contributed by atoms with van der Waals surface area (Å²) in [7, 11) is 0. The van der Waals surface area contributed by atoms with Crippen LogP contribution in [0.25, 0.3) is 6.08 Å². The molecule has 0 amide bonds. The average Bonchev–Trinajstić information content (AvgIpc) is 2.81. The third kappa shape index (κ3) is 2.25. The van der Waals surface area contributed by atoms with Gasteiger partial charge in [-0.15, -0.1) is 0 Å².